The molecule has 0 rings (SSSR count). The molecule has 0 bridgehead atoms. The molecule has 0 radical (unpaired) electrons. The second-order valence-corrected chi connectivity index (χ2v) is 1.59. The van der Waals surface area contributed by atoms with E-state index in [1.54, 1.807) is 0 Å². The van der Waals surface area contributed by atoms with Gasteiger partial charge in [0.05, 0.1) is 0 Å². The standard InChI is InChI=1S/Na.H2O4S.HO2P.H/c;1-5(2,3)4;1-3-2;/h;(H2,1,2,3,4);(H,1,2);. The van der Waals surface area contributed by atoms with Gasteiger partial charge in [0.1, 0.15) is 0 Å². The fraction of sp³-hybridized carbons (Fsp3) is 0. The molecular formula is H4NaO6PS. The molecule has 0 aliphatic rings. The molecule has 0 aromatic carbocycles. The minimum absolute atomic E-state index is 0. The van der Waals surface area contributed by atoms with Crippen molar-refractivity contribution in [1.82, 2.24) is 0 Å². The molecule has 0 unspecified atom stereocenters. The Hall–Kier alpha value is 0.930. The van der Waals surface area contributed by atoms with Crippen LogP contribution in [0.25, 0.3) is 0 Å². The first kappa shape index (κ1) is 16.5. The molecule has 0 fully saturated rings. The van der Waals surface area contributed by atoms with Crippen molar-refractivity contribution in [1.29, 1.82) is 0 Å². The van der Waals surface area contributed by atoms with E-state index in [4.69, 9.17) is 27.0 Å². The maximum absolute atomic E-state index is 8.74. The Balaban J connectivity index is -0.0000000800. The number of rotatable bonds is 0. The molecule has 9 heavy (non-hydrogen) atoms. The van der Waals surface area contributed by atoms with Crippen LogP contribution in [0.1, 0.15) is 0 Å². The van der Waals surface area contributed by atoms with Crippen LogP contribution in [-0.4, -0.2) is 52.0 Å². The van der Waals surface area contributed by atoms with Crippen molar-refractivity contribution in [2.75, 3.05) is 0 Å². The van der Waals surface area contributed by atoms with Crippen LogP contribution >= 0.6 is 8.69 Å². The molecular weight excluding hydrogens is 182 g/mol. The summed E-state index contributed by atoms with van der Waals surface area (Å²) in [4.78, 5) is 6.99. The van der Waals surface area contributed by atoms with Gasteiger partial charge >= 0.3 is 48.6 Å². The van der Waals surface area contributed by atoms with E-state index < -0.39 is 19.1 Å². The van der Waals surface area contributed by atoms with Crippen molar-refractivity contribution in [2.24, 2.45) is 0 Å². The molecule has 0 spiro atoms. The van der Waals surface area contributed by atoms with Gasteiger partial charge in [-0.25, -0.2) is 4.57 Å². The number of hydrogen-bond acceptors (Lipinski definition) is 3. The first-order valence-corrected chi connectivity index (χ1v) is 3.24. The van der Waals surface area contributed by atoms with Crippen LogP contribution < -0.4 is 0 Å². The van der Waals surface area contributed by atoms with E-state index in [1.807, 2.05) is 0 Å². The maximum atomic E-state index is 8.74. The molecule has 0 atom stereocenters. The molecule has 0 aliphatic heterocycles. The van der Waals surface area contributed by atoms with Crippen molar-refractivity contribution >= 4 is 48.6 Å². The average Bonchev–Trinajstić information content (AvgIpc) is 1.27. The summed E-state index contributed by atoms with van der Waals surface area (Å²) in [5.74, 6) is 0. The monoisotopic (exact) mass is 186 g/mol. The van der Waals surface area contributed by atoms with E-state index in [2.05, 4.69) is 0 Å². The Kier molecular flexibility index (Phi) is 16.4. The summed E-state index contributed by atoms with van der Waals surface area (Å²) in [6, 6.07) is 0. The average molecular weight is 186 g/mol. The third kappa shape index (κ3) is 496. The van der Waals surface area contributed by atoms with Gasteiger partial charge in [-0.15, -0.1) is 0 Å². The van der Waals surface area contributed by atoms with Crippen molar-refractivity contribution in [3.8, 4) is 0 Å². The number of hydrogen-bond donors (Lipinski definition) is 3. The summed E-state index contributed by atoms with van der Waals surface area (Å²) in [6.45, 7) is 0. The van der Waals surface area contributed by atoms with Crippen molar-refractivity contribution in [2.45, 2.75) is 0 Å². The SMILES string of the molecule is O=PO.O=S(=O)(O)O.[NaH]. The summed E-state index contributed by atoms with van der Waals surface area (Å²) in [6.07, 6.45) is 0. The molecule has 6 nitrogen and oxygen atoms in total. The van der Waals surface area contributed by atoms with E-state index in [9.17, 15) is 0 Å². The Morgan fingerprint density at radius 3 is 1.22 bits per heavy atom. The van der Waals surface area contributed by atoms with E-state index in [0.29, 0.717) is 0 Å². The summed E-state index contributed by atoms with van der Waals surface area (Å²) in [5, 5.41) is 0. The molecule has 9 heteroatoms. The van der Waals surface area contributed by atoms with E-state index >= 15 is 0 Å². The van der Waals surface area contributed by atoms with Gasteiger partial charge < -0.3 is 4.89 Å². The van der Waals surface area contributed by atoms with E-state index in [0.717, 1.165) is 0 Å². The van der Waals surface area contributed by atoms with E-state index in [-0.39, 0.29) is 29.6 Å². The van der Waals surface area contributed by atoms with Crippen molar-refractivity contribution in [3.63, 3.8) is 0 Å². The minimum atomic E-state index is -4.67. The van der Waals surface area contributed by atoms with Crippen LogP contribution in [0.3, 0.4) is 0 Å². The molecule has 0 amide bonds. The molecule has 0 aromatic heterocycles. The van der Waals surface area contributed by atoms with Crippen molar-refractivity contribution in [3.05, 3.63) is 0 Å². The van der Waals surface area contributed by atoms with Gasteiger partial charge in [0.2, 0.25) is 0 Å². The molecule has 52 valence electrons. The van der Waals surface area contributed by atoms with Crippen molar-refractivity contribution < 1.29 is 27.0 Å². The Bertz CT molecular complexity index is 127. The predicted octanol–water partition coefficient (Wildman–Crippen LogP) is -1.12. The van der Waals surface area contributed by atoms with Crippen LogP contribution in [0.5, 0.6) is 0 Å². The summed E-state index contributed by atoms with van der Waals surface area (Å²) < 4.78 is 40.0. The molecule has 3 N–H and O–H groups in total. The third-order valence-electron chi connectivity index (χ3n) is 0. The van der Waals surface area contributed by atoms with Gasteiger partial charge in [-0.05, 0) is 0 Å². The van der Waals surface area contributed by atoms with Crippen LogP contribution in [0.15, 0.2) is 0 Å². The van der Waals surface area contributed by atoms with Gasteiger partial charge in [-0.3, -0.25) is 9.11 Å². The normalized spacial score (nSPS) is 8.78. The summed E-state index contributed by atoms with van der Waals surface area (Å²) in [7, 11) is -5.50. The van der Waals surface area contributed by atoms with Gasteiger partial charge in [0.25, 0.3) is 0 Å². The van der Waals surface area contributed by atoms with Gasteiger partial charge in [0, 0.05) is 0 Å². The molecule has 0 saturated heterocycles. The Morgan fingerprint density at radius 2 is 1.22 bits per heavy atom. The molecule has 0 aromatic rings. The van der Waals surface area contributed by atoms with Crippen LogP contribution in [0.2, 0.25) is 0 Å². The van der Waals surface area contributed by atoms with Gasteiger partial charge in [-0.2, -0.15) is 8.42 Å². The second-order valence-electron chi connectivity index (χ2n) is 0.529. The van der Waals surface area contributed by atoms with Gasteiger partial charge in [-0.1, -0.05) is 0 Å². The fourth-order valence-corrected chi connectivity index (χ4v) is 0. The zero-order valence-electron chi connectivity index (χ0n) is 3.42. The van der Waals surface area contributed by atoms with Crippen LogP contribution in [0.4, 0.5) is 0 Å². The summed E-state index contributed by atoms with van der Waals surface area (Å²) >= 11 is 0. The zero-order chi connectivity index (χ0) is 7.21. The zero-order valence-corrected chi connectivity index (χ0v) is 5.13. The van der Waals surface area contributed by atoms with E-state index in [1.165, 1.54) is 0 Å². The summed E-state index contributed by atoms with van der Waals surface area (Å²) in [5.41, 5.74) is 0. The quantitative estimate of drug-likeness (QED) is 0.251. The van der Waals surface area contributed by atoms with Gasteiger partial charge in [0.15, 0.2) is 0 Å². The van der Waals surface area contributed by atoms with Crippen LogP contribution in [-0.2, 0) is 15.0 Å². The first-order chi connectivity index (χ1) is 3.41. The predicted molar refractivity (Wildman–Crippen MR) is 31.2 cm³/mol. The third-order valence-corrected chi connectivity index (χ3v) is 0. The molecule has 0 aliphatic carbocycles. The Labute approximate surface area is 75.4 Å². The molecule has 0 heterocycles. The molecule has 0 saturated carbocycles. The second kappa shape index (κ2) is 8.93. The topological polar surface area (TPSA) is 112 Å². The Morgan fingerprint density at radius 1 is 1.22 bits per heavy atom. The fourth-order valence-electron chi connectivity index (χ4n) is 0. The van der Waals surface area contributed by atoms with Crippen LogP contribution in [0, 0.1) is 0 Å². The first-order valence-electron chi connectivity index (χ1n) is 1.08.